The Morgan fingerprint density at radius 2 is 1.95 bits per heavy atom. The number of nitrogens with one attached hydrogen (secondary N) is 1. The van der Waals surface area contributed by atoms with E-state index in [1.807, 2.05) is 0 Å². The number of nitrogens with zero attached hydrogens (tertiary/aromatic N) is 1. The van der Waals surface area contributed by atoms with Crippen molar-refractivity contribution in [2.75, 3.05) is 13.6 Å². The fraction of sp³-hybridized carbons (Fsp3) is 0.308. The van der Waals surface area contributed by atoms with Crippen LogP contribution in [-0.2, 0) is 14.8 Å². The molecule has 102 valence electrons. The predicted octanol–water partition coefficient (Wildman–Crippen LogP) is 1.19. The summed E-state index contributed by atoms with van der Waals surface area (Å²) in [4.78, 5) is 12.3. The van der Waals surface area contributed by atoms with Crippen molar-refractivity contribution >= 4 is 21.5 Å². The minimum absolute atomic E-state index is 0.181. The first-order valence-corrected chi connectivity index (χ1v) is 7.42. The summed E-state index contributed by atoms with van der Waals surface area (Å²) >= 11 is 0. The third-order valence-electron chi connectivity index (χ3n) is 3.15. The first-order chi connectivity index (χ1) is 8.91. The molecule has 1 aliphatic heterocycles. The maximum atomic E-state index is 12.4. The Hall–Kier alpha value is -1.82. The lowest BCUT2D eigenvalue weighted by Gasteiger charge is -2.29. The van der Waals surface area contributed by atoms with Crippen molar-refractivity contribution in [3.63, 3.8) is 0 Å². The highest BCUT2D eigenvalue weighted by molar-refractivity contribution is 7.89. The van der Waals surface area contributed by atoms with E-state index in [4.69, 9.17) is 0 Å². The van der Waals surface area contributed by atoms with Gasteiger partial charge in [-0.05, 0) is 25.5 Å². The second kappa shape index (κ2) is 4.70. The number of rotatable bonds is 2. The molecule has 0 fully saturated rings. The summed E-state index contributed by atoms with van der Waals surface area (Å²) in [6, 6.07) is 6.71. The van der Waals surface area contributed by atoms with Gasteiger partial charge in [0, 0.05) is 19.2 Å². The summed E-state index contributed by atoms with van der Waals surface area (Å²) < 4.78 is 25.8. The van der Waals surface area contributed by atoms with Gasteiger partial charge in [0.05, 0.1) is 4.90 Å². The molecule has 6 heteroatoms. The van der Waals surface area contributed by atoms with Crippen LogP contribution in [0.2, 0.25) is 0 Å². The first-order valence-electron chi connectivity index (χ1n) is 5.98. The monoisotopic (exact) mass is 280 g/mol. The van der Waals surface area contributed by atoms with Gasteiger partial charge in [-0.2, -0.15) is 0 Å². The Kier molecular flexibility index (Phi) is 3.36. The van der Waals surface area contributed by atoms with Crippen LogP contribution in [0.1, 0.15) is 19.4 Å². The molecule has 1 aromatic rings. The largest absolute Gasteiger partial charge is 0.351 e. The number of sulfonamides is 1. The van der Waals surface area contributed by atoms with E-state index in [1.54, 1.807) is 38.1 Å². The molecule has 0 unspecified atom stereocenters. The van der Waals surface area contributed by atoms with E-state index in [-0.39, 0.29) is 16.5 Å². The zero-order valence-corrected chi connectivity index (χ0v) is 11.9. The molecule has 1 aliphatic rings. The van der Waals surface area contributed by atoms with Gasteiger partial charge >= 0.3 is 0 Å². The standard InChI is InChI=1S/C13H16N2O3S/c1-4-14-13(16)12-9(2)10-7-5-6-8-11(10)19(17,18)15(12)3/h5-8H,4H2,1-3H3,(H,14,16). The SMILES string of the molecule is CCNC(=O)C1=C(C)c2ccccc2S(=O)(=O)N1C. The smallest absolute Gasteiger partial charge is 0.268 e. The van der Waals surface area contributed by atoms with Crippen molar-refractivity contribution in [3.8, 4) is 0 Å². The second-order valence-corrected chi connectivity index (χ2v) is 6.24. The molecule has 2 rings (SSSR count). The maximum absolute atomic E-state index is 12.4. The lowest BCUT2D eigenvalue weighted by Crippen LogP contribution is -2.39. The Labute approximate surface area is 113 Å². The Morgan fingerprint density at radius 3 is 2.58 bits per heavy atom. The number of fused-ring (bicyclic) bond motifs is 1. The van der Waals surface area contributed by atoms with Gasteiger partial charge in [0.15, 0.2) is 0 Å². The lowest BCUT2D eigenvalue weighted by molar-refractivity contribution is -0.118. The molecule has 0 atom stereocenters. The number of allylic oxidation sites excluding steroid dienone is 1. The fourth-order valence-electron chi connectivity index (χ4n) is 2.19. The van der Waals surface area contributed by atoms with Gasteiger partial charge in [-0.1, -0.05) is 18.2 Å². The number of benzene rings is 1. The van der Waals surface area contributed by atoms with Gasteiger partial charge in [-0.15, -0.1) is 0 Å². The van der Waals surface area contributed by atoms with Gasteiger partial charge < -0.3 is 5.32 Å². The van der Waals surface area contributed by atoms with Gasteiger partial charge in [0.25, 0.3) is 15.9 Å². The average molecular weight is 280 g/mol. The van der Waals surface area contributed by atoms with E-state index < -0.39 is 10.0 Å². The molecule has 0 aromatic heterocycles. The minimum atomic E-state index is -3.65. The van der Waals surface area contributed by atoms with Crippen molar-refractivity contribution in [2.45, 2.75) is 18.7 Å². The third kappa shape index (κ3) is 2.02. The highest BCUT2D eigenvalue weighted by Crippen LogP contribution is 2.35. The molecule has 0 aliphatic carbocycles. The van der Waals surface area contributed by atoms with E-state index in [0.29, 0.717) is 17.7 Å². The molecule has 0 bridgehead atoms. The number of hydrogen-bond donors (Lipinski definition) is 1. The average Bonchev–Trinajstić information content (AvgIpc) is 2.37. The number of carbonyl (C=O) groups is 1. The Bertz CT molecular complexity index is 662. The van der Waals surface area contributed by atoms with Crippen molar-refractivity contribution < 1.29 is 13.2 Å². The van der Waals surface area contributed by atoms with Crippen molar-refractivity contribution in [3.05, 3.63) is 35.5 Å². The van der Waals surface area contributed by atoms with Crippen molar-refractivity contribution in [1.82, 2.24) is 9.62 Å². The van der Waals surface area contributed by atoms with Crippen LogP contribution < -0.4 is 5.32 Å². The van der Waals surface area contributed by atoms with Crippen molar-refractivity contribution in [1.29, 1.82) is 0 Å². The van der Waals surface area contributed by atoms with Gasteiger partial charge in [0.1, 0.15) is 5.70 Å². The predicted molar refractivity (Wildman–Crippen MR) is 72.7 cm³/mol. The molecule has 1 heterocycles. The molecule has 19 heavy (non-hydrogen) atoms. The third-order valence-corrected chi connectivity index (χ3v) is 4.97. The zero-order valence-electron chi connectivity index (χ0n) is 11.1. The summed E-state index contributed by atoms with van der Waals surface area (Å²) in [6.07, 6.45) is 0. The highest BCUT2D eigenvalue weighted by atomic mass is 32.2. The zero-order chi connectivity index (χ0) is 14.2. The normalized spacial score (nSPS) is 17.1. The number of carbonyl (C=O) groups excluding carboxylic acids is 1. The molecule has 1 aromatic carbocycles. The van der Waals surface area contributed by atoms with Crippen LogP contribution in [0.5, 0.6) is 0 Å². The quantitative estimate of drug-likeness (QED) is 0.885. The van der Waals surface area contributed by atoms with Crippen LogP contribution in [0, 0.1) is 0 Å². The first kappa shape index (κ1) is 13.6. The molecule has 1 N–H and O–H groups in total. The summed E-state index contributed by atoms with van der Waals surface area (Å²) in [6.45, 7) is 4.00. The minimum Gasteiger partial charge on any atom is -0.351 e. The molecule has 0 radical (unpaired) electrons. The number of likely N-dealkylation sites (N-methyl/N-ethyl adjacent to an activating group) is 2. The summed E-state index contributed by atoms with van der Waals surface area (Å²) in [5, 5.41) is 2.64. The maximum Gasteiger partial charge on any atom is 0.268 e. The van der Waals surface area contributed by atoms with E-state index in [0.717, 1.165) is 4.31 Å². The topological polar surface area (TPSA) is 66.5 Å². The van der Waals surface area contributed by atoms with Crippen LogP contribution >= 0.6 is 0 Å². The van der Waals surface area contributed by atoms with E-state index >= 15 is 0 Å². The van der Waals surface area contributed by atoms with Crippen LogP contribution in [0.4, 0.5) is 0 Å². The highest BCUT2D eigenvalue weighted by Gasteiger charge is 2.35. The molecular formula is C13H16N2O3S. The molecule has 0 saturated carbocycles. The van der Waals surface area contributed by atoms with Gasteiger partial charge in [0.2, 0.25) is 0 Å². The number of amides is 1. The Morgan fingerprint density at radius 1 is 1.32 bits per heavy atom. The summed E-state index contributed by atoms with van der Waals surface area (Å²) in [7, 11) is -2.25. The lowest BCUT2D eigenvalue weighted by atomic mass is 10.0. The van der Waals surface area contributed by atoms with Crippen LogP contribution in [0.3, 0.4) is 0 Å². The number of hydrogen-bond acceptors (Lipinski definition) is 3. The molecular weight excluding hydrogens is 264 g/mol. The second-order valence-electron chi connectivity index (χ2n) is 4.30. The Balaban J connectivity index is 2.71. The van der Waals surface area contributed by atoms with Gasteiger partial charge in [-0.3, -0.25) is 9.10 Å². The fourth-order valence-corrected chi connectivity index (χ4v) is 3.70. The molecule has 0 saturated heterocycles. The van der Waals surface area contributed by atoms with E-state index in [1.165, 1.54) is 7.05 Å². The van der Waals surface area contributed by atoms with E-state index in [9.17, 15) is 13.2 Å². The van der Waals surface area contributed by atoms with Gasteiger partial charge in [-0.25, -0.2) is 8.42 Å². The van der Waals surface area contributed by atoms with Crippen molar-refractivity contribution in [2.24, 2.45) is 0 Å². The molecule has 1 amide bonds. The summed E-state index contributed by atoms with van der Waals surface area (Å²) in [5.74, 6) is -0.374. The van der Waals surface area contributed by atoms with Crippen LogP contribution in [0.25, 0.3) is 5.57 Å². The molecule has 0 spiro atoms. The van der Waals surface area contributed by atoms with Crippen LogP contribution in [0.15, 0.2) is 34.9 Å². The summed E-state index contributed by atoms with van der Waals surface area (Å²) in [5.41, 5.74) is 1.43. The van der Waals surface area contributed by atoms with Crippen LogP contribution in [-0.4, -0.2) is 32.2 Å². The molecule has 5 nitrogen and oxygen atoms in total. The van der Waals surface area contributed by atoms with E-state index in [2.05, 4.69) is 5.32 Å².